The van der Waals surface area contributed by atoms with Crippen LogP contribution in [-0.2, 0) is 4.74 Å². The van der Waals surface area contributed by atoms with Gasteiger partial charge in [-0.25, -0.2) is 10.4 Å². The lowest BCUT2D eigenvalue weighted by molar-refractivity contribution is 0.113. The molecule has 0 saturated carbocycles. The molecule has 0 aromatic heterocycles. The van der Waals surface area contributed by atoms with Gasteiger partial charge in [-0.3, -0.25) is 0 Å². The summed E-state index contributed by atoms with van der Waals surface area (Å²) >= 11 is 0. The lowest BCUT2D eigenvalue weighted by atomic mass is 10.2. The topological polar surface area (TPSA) is 45.4 Å². The van der Waals surface area contributed by atoms with Crippen molar-refractivity contribution in [3.05, 3.63) is 0 Å². The van der Waals surface area contributed by atoms with Crippen molar-refractivity contribution in [2.45, 2.75) is 33.3 Å². The third kappa shape index (κ3) is 5.28. The number of nitrogens with one attached hydrogen (secondary N) is 1. The van der Waals surface area contributed by atoms with Gasteiger partial charge in [0.25, 0.3) is 0 Å². The molecule has 0 unspecified atom stereocenters. The van der Waals surface area contributed by atoms with Gasteiger partial charge in [-0.1, -0.05) is 0 Å². The van der Waals surface area contributed by atoms with Crippen molar-refractivity contribution < 1.29 is 4.74 Å². The highest BCUT2D eigenvalue weighted by Crippen LogP contribution is 2.06. The van der Waals surface area contributed by atoms with E-state index in [1.807, 2.05) is 20.8 Å². The van der Waals surface area contributed by atoms with Gasteiger partial charge in [-0.2, -0.15) is 0 Å². The maximum atomic E-state index is 7.12. The fourth-order valence-corrected chi connectivity index (χ4v) is 0.434. The predicted molar refractivity (Wildman–Crippen MR) is 42.7 cm³/mol. The molecular weight excluding hydrogens is 128 g/mol. The summed E-state index contributed by atoms with van der Waals surface area (Å²) in [4.78, 5) is 3.65. The van der Waals surface area contributed by atoms with Gasteiger partial charge in [-0.15, -0.1) is 0 Å². The Kier molecular flexibility index (Phi) is 3.06. The van der Waals surface area contributed by atoms with Crippen LogP contribution in [0.25, 0.3) is 0 Å². The van der Waals surface area contributed by atoms with E-state index in [1.54, 1.807) is 6.92 Å². The third-order valence-electron chi connectivity index (χ3n) is 0.649. The van der Waals surface area contributed by atoms with Crippen LogP contribution < -0.4 is 0 Å². The van der Waals surface area contributed by atoms with Crippen molar-refractivity contribution >= 4 is 12.2 Å². The fourth-order valence-electron chi connectivity index (χ4n) is 0.434. The summed E-state index contributed by atoms with van der Waals surface area (Å²) in [5, 5.41) is 7.12. The summed E-state index contributed by atoms with van der Waals surface area (Å²) in [5.41, 5.74) is -0.316. The Morgan fingerprint density at radius 2 is 2.00 bits per heavy atom. The van der Waals surface area contributed by atoms with Gasteiger partial charge < -0.3 is 4.74 Å². The summed E-state index contributed by atoms with van der Waals surface area (Å²) in [6, 6.07) is -0.0324. The molecule has 0 bridgehead atoms. The largest absolute Gasteiger partial charge is 0.458 e. The van der Waals surface area contributed by atoms with E-state index in [4.69, 9.17) is 10.1 Å². The van der Waals surface area contributed by atoms with Crippen LogP contribution >= 0.6 is 0 Å². The highest BCUT2D eigenvalue weighted by atomic mass is 16.5. The second-order valence-electron chi connectivity index (χ2n) is 2.91. The molecule has 0 aliphatic heterocycles. The Morgan fingerprint density at radius 1 is 1.50 bits per heavy atom. The molecule has 0 atom stereocenters. The summed E-state index contributed by atoms with van der Waals surface area (Å²) < 4.78 is 5.06. The highest BCUT2D eigenvalue weighted by Gasteiger charge is 2.12. The molecule has 0 amide bonds. The van der Waals surface area contributed by atoms with Crippen LogP contribution in [0.3, 0.4) is 0 Å². The van der Waals surface area contributed by atoms with Crippen LogP contribution in [0.2, 0.25) is 0 Å². The average Bonchev–Trinajstić information content (AvgIpc) is 1.59. The molecule has 0 fully saturated rings. The van der Waals surface area contributed by atoms with Crippen LogP contribution in [0, 0.1) is 5.41 Å². The minimum atomic E-state index is -0.316. The Hall–Kier alpha value is -0.860. The zero-order valence-corrected chi connectivity index (χ0v) is 6.93. The first-order valence-electron chi connectivity index (χ1n) is 3.22. The molecule has 3 nitrogen and oxygen atoms in total. The number of hydrogen-bond donors (Lipinski definition) is 1. The van der Waals surface area contributed by atoms with Crippen molar-refractivity contribution in [2.24, 2.45) is 4.99 Å². The van der Waals surface area contributed by atoms with Crippen molar-refractivity contribution in [3.63, 3.8) is 0 Å². The molecule has 0 rings (SSSR count). The van der Waals surface area contributed by atoms with E-state index in [-0.39, 0.29) is 11.6 Å². The lowest BCUT2D eigenvalue weighted by Crippen LogP contribution is -2.22. The van der Waals surface area contributed by atoms with Crippen molar-refractivity contribution in [1.29, 1.82) is 5.41 Å². The van der Waals surface area contributed by atoms with E-state index in [0.717, 1.165) is 0 Å². The van der Waals surface area contributed by atoms with E-state index in [9.17, 15) is 0 Å². The van der Waals surface area contributed by atoms with Gasteiger partial charge in [0.15, 0.2) is 0 Å². The molecule has 0 heterocycles. The van der Waals surface area contributed by atoms with Crippen LogP contribution in [-0.4, -0.2) is 17.8 Å². The first kappa shape index (κ1) is 9.14. The van der Waals surface area contributed by atoms with Crippen LogP contribution in [0.4, 0.5) is 0 Å². The average molecular weight is 142 g/mol. The van der Waals surface area contributed by atoms with Gasteiger partial charge in [0, 0.05) is 6.21 Å². The number of nitrogens with zero attached hydrogens (tertiary/aromatic N) is 1. The number of amidine groups is 1. The summed E-state index contributed by atoms with van der Waals surface area (Å²) in [6.45, 7) is 7.40. The fraction of sp³-hybridized carbons (Fsp3) is 0.714. The predicted octanol–water partition coefficient (Wildman–Crippen LogP) is 1.83. The van der Waals surface area contributed by atoms with Crippen molar-refractivity contribution in [1.82, 2.24) is 0 Å². The molecule has 10 heavy (non-hydrogen) atoms. The SMILES string of the molecule is C/C=N\C(=N)OC(C)(C)C. The number of hydrogen-bond acceptors (Lipinski definition) is 2. The Morgan fingerprint density at radius 3 is 2.30 bits per heavy atom. The number of ether oxygens (including phenoxy) is 1. The van der Waals surface area contributed by atoms with Gasteiger partial charge in [0.1, 0.15) is 5.60 Å². The molecular formula is C7H14N2O. The molecule has 0 saturated heterocycles. The normalized spacial score (nSPS) is 12.0. The van der Waals surface area contributed by atoms with Crippen LogP contribution in [0.15, 0.2) is 4.99 Å². The minimum absolute atomic E-state index is 0.0324. The summed E-state index contributed by atoms with van der Waals surface area (Å²) in [6.07, 6.45) is 1.54. The third-order valence-corrected chi connectivity index (χ3v) is 0.649. The standard InChI is InChI=1S/C7H14N2O/c1-5-9-6(8)10-7(2,3)4/h5,8H,1-4H3/b8-6?,9-5-. The quantitative estimate of drug-likeness (QED) is 0.407. The smallest absolute Gasteiger partial charge is 0.308 e. The molecule has 0 aliphatic carbocycles. The Bertz CT molecular complexity index is 144. The lowest BCUT2D eigenvalue weighted by Gasteiger charge is -2.18. The van der Waals surface area contributed by atoms with Gasteiger partial charge in [0.05, 0.1) is 0 Å². The van der Waals surface area contributed by atoms with E-state index < -0.39 is 0 Å². The van der Waals surface area contributed by atoms with Gasteiger partial charge in [-0.05, 0) is 27.7 Å². The first-order valence-corrected chi connectivity index (χ1v) is 3.22. The molecule has 3 heteroatoms. The Labute approximate surface area is 61.6 Å². The van der Waals surface area contributed by atoms with Crippen LogP contribution in [0.5, 0.6) is 0 Å². The second kappa shape index (κ2) is 3.34. The van der Waals surface area contributed by atoms with Crippen molar-refractivity contribution in [3.8, 4) is 0 Å². The highest BCUT2D eigenvalue weighted by molar-refractivity contribution is 5.80. The van der Waals surface area contributed by atoms with E-state index >= 15 is 0 Å². The number of aliphatic imine (C=N–C) groups is 1. The maximum absolute atomic E-state index is 7.12. The van der Waals surface area contributed by atoms with Gasteiger partial charge in [0.2, 0.25) is 0 Å². The Balaban J connectivity index is 3.81. The molecule has 0 spiro atoms. The minimum Gasteiger partial charge on any atom is -0.458 e. The molecule has 0 radical (unpaired) electrons. The zero-order chi connectivity index (χ0) is 8.20. The maximum Gasteiger partial charge on any atom is 0.308 e. The van der Waals surface area contributed by atoms with E-state index in [0.29, 0.717) is 0 Å². The molecule has 1 N–H and O–H groups in total. The molecule has 0 aromatic rings. The number of rotatable bonds is 0. The monoisotopic (exact) mass is 142 g/mol. The molecule has 0 aliphatic rings. The van der Waals surface area contributed by atoms with E-state index in [2.05, 4.69) is 4.99 Å². The van der Waals surface area contributed by atoms with Gasteiger partial charge >= 0.3 is 6.02 Å². The van der Waals surface area contributed by atoms with E-state index in [1.165, 1.54) is 6.21 Å². The summed E-state index contributed by atoms with van der Waals surface area (Å²) in [7, 11) is 0. The van der Waals surface area contributed by atoms with Crippen LogP contribution in [0.1, 0.15) is 27.7 Å². The zero-order valence-electron chi connectivity index (χ0n) is 6.93. The van der Waals surface area contributed by atoms with Crippen molar-refractivity contribution in [2.75, 3.05) is 0 Å². The second-order valence-corrected chi connectivity index (χ2v) is 2.91. The first-order chi connectivity index (χ1) is 4.45. The molecule has 58 valence electrons. The molecule has 0 aromatic carbocycles. The summed E-state index contributed by atoms with van der Waals surface area (Å²) in [5.74, 6) is 0.